The van der Waals surface area contributed by atoms with E-state index in [1.54, 1.807) is 0 Å². The molecule has 0 radical (unpaired) electrons. The molecule has 0 bridgehead atoms. The van der Waals surface area contributed by atoms with E-state index < -0.39 is 0 Å². The second-order valence-electron chi connectivity index (χ2n) is 7.18. The molecule has 1 aliphatic rings. The Morgan fingerprint density at radius 2 is 2.05 bits per heavy atom. The number of piperidine rings is 1. The topological polar surface area (TPSA) is 28.2 Å². The Hall–Kier alpha value is -1.09. The number of aromatic nitrogens is 1. The van der Waals surface area contributed by atoms with Crippen molar-refractivity contribution < 1.29 is 0 Å². The largest absolute Gasteiger partial charge is 0.371 e. The van der Waals surface area contributed by atoms with Gasteiger partial charge in [-0.25, -0.2) is 0 Å². The van der Waals surface area contributed by atoms with Gasteiger partial charge in [0.15, 0.2) is 0 Å². The molecule has 1 fully saturated rings. The molecule has 0 saturated carbocycles. The van der Waals surface area contributed by atoms with Gasteiger partial charge < -0.3 is 10.2 Å². The number of hydrogen-bond donors (Lipinski definition) is 1. The molecule has 1 N–H and O–H groups in total. The number of nitrogens with zero attached hydrogens (tertiary/aromatic N) is 2. The first kappa shape index (κ1) is 16.3. The van der Waals surface area contributed by atoms with Crippen LogP contribution in [0.5, 0.6) is 0 Å². The summed E-state index contributed by atoms with van der Waals surface area (Å²) in [6, 6.07) is 2.18. The van der Waals surface area contributed by atoms with Crippen LogP contribution in [0.4, 0.5) is 5.69 Å². The van der Waals surface area contributed by atoms with Crippen molar-refractivity contribution >= 4 is 5.69 Å². The monoisotopic (exact) mass is 289 g/mol. The van der Waals surface area contributed by atoms with Gasteiger partial charge in [0.1, 0.15) is 0 Å². The van der Waals surface area contributed by atoms with Crippen molar-refractivity contribution in [1.29, 1.82) is 0 Å². The lowest BCUT2D eigenvalue weighted by molar-refractivity contribution is 0.238. The van der Waals surface area contributed by atoms with Crippen molar-refractivity contribution in [1.82, 2.24) is 10.3 Å². The molecule has 1 saturated heterocycles. The van der Waals surface area contributed by atoms with Crippen molar-refractivity contribution in [2.24, 2.45) is 11.3 Å². The van der Waals surface area contributed by atoms with E-state index >= 15 is 0 Å². The fourth-order valence-electron chi connectivity index (χ4n) is 3.00. The van der Waals surface area contributed by atoms with Crippen molar-refractivity contribution in [3.8, 4) is 0 Å². The molecule has 3 heteroatoms. The summed E-state index contributed by atoms with van der Waals surface area (Å²) in [4.78, 5) is 6.86. The zero-order valence-corrected chi connectivity index (χ0v) is 14.2. The highest BCUT2D eigenvalue weighted by molar-refractivity contribution is 5.52. The van der Waals surface area contributed by atoms with Crippen molar-refractivity contribution in [2.45, 2.75) is 53.5 Å². The first-order chi connectivity index (χ1) is 10.0. The third kappa shape index (κ3) is 4.44. The maximum atomic E-state index is 4.32. The van der Waals surface area contributed by atoms with Crippen LogP contribution in [0, 0.1) is 11.3 Å². The zero-order valence-electron chi connectivity index (χ0n) is 14.2. The summed E-state index contributed by atoms with van der Waals surface area (Å²) in [6.45, 7) is 13.6. The van der Waals surface area contributed by atoms with E-state index in [1.807, 2.05) is 12.4 Å². The van der Waals surface area contributed by atoms with Crippen molar-refractivity contribution in [2.75, 3.05) is 24.5 Å². The Labute approximate surface area is 130 Å². The Morgan fingerprint density at radius 1 is 1.33 bits per heavy atom. The fourth-order valence-corrected chi connectivity index (χ4v) is 3.00. The van der Waals surface area contributed by atoms with Gasteiger partial charge in [-0.1, -0.05) is 34.1 Å². The number of pyridine rings is 1. The zero-order chi connectivity index (χ0) is 15.3. The van der Waals surface area contributed by atoms with Crippen LogP contribution in [-0.4, -0.2) is 24.6 Å². The lowest BCUT2D eigenvalue weighted by Crippen LogP contribution is -2.39. The first-order valence-electron chi connectivity index (χ1n) is 8.42. The molecule has 2 rings (SSSR count). The molecule has 0 aliphatic carbocycles. The third-order valence-electron chi connectivity index (χ3n) is 4.91. The summed E-state index contributed by atoms with van der Waals surface area (Å²) < 4.78 is 0. The molecule has 0 atom stereocenters. The SMILES string of the molecule is CCC1(C)CCN(c2ccncc2CNCC(C)C)CC1. The van der Waals surface area contributed by atoms with Crippen LogP contribution in [0.1, 0.15) is 52.5 Å². The minimum Gasteiger partial charge on any atom is -0.371 e. The average Bonchev–Trinajstić information content (AvgIpc) is 2.48. The molecule has 2 heterocycles. The first-order valence-corrected chi connectivity index (χ1v) is 8.42. The maximum absolute atomic E-state index is 4.32. The van der Waals surface area contributed by atoms with Crippen LogP contribution in [0.25, 0.3) is 0 Å². The highest BCUT2D eigenvalue weighted by Crippen LogP contribution is 2.36. The molecule has 1 aromatic heterocycles. The number of hydrogen-bond acceptors (Lipinski definition) is 3. The molecule has 1 aliphatic heterocycles. The van der Waals surface area contributed by atoms with Gasteiger partial charge in [-0.05, 0) is 36.8 Å². The van der Waals surface area contributed by atoms with Crippen molar-refractivity contribution in [3.05, 3.63) is 24.0 Å². The van der Waals surface area contributed by atoms with Crippen LogP contribution in [0.3, 0.4) is 0 Å². The quantitative estimate of drug-likeness (QED) is 0.862. The Morgan fingerprint density at radius 3 is 2.67 bits per heavy atom. The van der Waals surface area contributed by atoms with Gasteiger partial charge in [0.2, 0.25) is 0 Å². The van der Waals surface area contributed by atoms with E-state index in [2.05, 4.69) is 49.0 Å². The third-order valence-corrected chi connectivity index (χ3v) is 4.91. The van der Waals surface area contributed by atoms with Gasteiger partial charge >= 0.3 is 0 Å². The Bertz CT molecular complexity index is 434. The van der Waals surface area contributed by atoms with Crippen LogP contribution < -0.4 is 10.2 Å². The lowest BCUT2D eigenvalue weighted by atomic mass is 9.78. The molecule has 0 amide bonds. The maximum Gasteiger partial charge on any atom is 0.0442 e. The van der Waals surface area contributed by atoms with E-state index in [-0.39, 0.29) is 0 Å². The highest BCUT2D eigenvalue weighted by Gasteiger charge is 2.28. The molecule has 118 valence electrons. The van der Waals surface area contributed by atoms with Gasteiger partial charge in [-0.3, -0.25) is 4.98 Å². The van der Waals surface area contributed by atoms with E-state index in [9.17, 15) is 0 Å². The lowest BCUT2D eigenvalue weighted by Gasteiger charge is -2.40. The van der Waals surface area contributed by atoms with Crippen molar-refractivity contribution in [3.63, 3.8) is 0 Å². The molecular weight excluding hydrogens is 258 g/mol. The van der Waals surface area contributed by atoms with Crippen LogP contribution in [0.15, 0.2) is 18.5 Å². The molecule has 1 aromatic rings. The van der Waals surface area contributed by atoms with E-state index in [4.69, 9.17) is 0 Å². The number of nitrogens with one attached hydrogen (secondary N) is 1. The smallest absolute Gasteiger partial charge is 0.0442 e. The summed E-state index contributed by atoms with van der Waals surface area (Å²) >= 11 is 0. The predicted molar refractivity (Wildman–Crippen MR) is 90.6 cm³/mol. The second-order valence-corrected chi connectivity index (χ2v) is 7.18. The Kier molecular flexibility index (Phi) is 5.63. The van der Waals surface area contributed by atoms with E-state index in [0.717, 1.165) is 13.1 Å². The minimum atomic E-state index is 0.541. The second kappa shape index (κ2) is 7.26. The van der Waals surface area contributed by atoms with Gasteiger partial charge in [-0.15, -0.1) is 0 Å². The standard InChI is InChI=1S/C18H31N3/c1-5-18(4)7-10-21(11-8-18)17-6-9-19-13-16(17)14-20-12-15(2)3/h6,9,13,15,20H,5,7-8,10-12,14H2,1-4H3. The molecular formula is C18H31N3. The highest BCUT2D eigenvalue weighted by atomic mass is 15.1. The van der Waals surface area contributed by atoms with Crippen LogP contribution in [0.2, 0.25) is 0 Å². The van der Waals surface area contributed by atoms with E-state index in [0.29, 0.717) is 11.3 Å². The summed E-state index contributed by atoms with van der Waals surface area (Å²) in [5.74, 6) is 0.686. The van der Waals surface area contributed by atoms with E-state index in [1.165, 1.54) is 43.6 Å². The molecule has 0 unspecified atom stereocenters. The summed E-state index contributed by atoms with van der Waals surface area (Å²) in [5, 5.41) is 3.54. The van der Waals surface area contributed by atoms with Crippen LogP contribution in [-0.2, 0) is 6.54 Å². The van der Waals surface area contributed by atoms with Gasteiger partial charge in [0.25, 0.3) is 0 Å². The normalized spacial score (nSPS) is 18.2. The molecule has 0 aromatic carbocycles. The summed E-state index contributed by atoms with van der Waals surface area (Å²) in [7, 11) is 0. The number of anilines is 1. The van der Waals surface area contributed by atoms with Gasteiger partial charge in [0.05, 0.1) is 0 Å². The van der Waals surface area contributed by atoms with Crippen LogP contribution >= 0.6 is 0 Å². The predicted octanol–water partition coefficient (Wildman–Crippen LogP) is 3.84. The number of rotatable bonds is 6. The minimum absolute atomic E-state index is 0.541. The molecule has 0 spiro atoms. The molecule has 21 heavy (non-hydrogen) atoms. The Balaban J connectivity index is 2.00. The van der Waals surface area contributed by atoms with Gasteiger partial charge in [-0.2, -0.15) is 0 Å². The molecule has 3 nitrogen and oxygen atoms in total. The summed E-state index contributed by atoms with van der Waals surface area (Å²) in [5.41, 5.74) is 3.25. The average molecular weight is 289 g/mol. The summed E-state index contributed by atoms with van der Waals surface area (Å²) in [6.07, 6.45) is 7.83. The van der Waals surface area contributed by atoms with Gasteiger partial charge in [0, 0.05) is 43.3 Å². The fraction of sp³-hybridized carbons (Fsp3) is 0.722.